The van der Waals surface area contributed by atoms with Crippen LogP contribution in [0.15, 0.2) is 18.3 Å². The molecule has 0 amide bonds. The summed E-state index contributed by atoms with van der Waals surface area (Å²) in [5, 5.41) is 4.57. The summed E-state index contributed by atoms with van der Waals surface area (Å²) in [7, 11) is 3.57. The molecule has 18 heavy (non-hydrogen) atoms. The first-order valence-electron chi connectivity index (χ1n) is 5.49. The molecule has 96 valence electrons. The number of halogens is 1. The second-order valence-electron chi connectivity index (χ2n) is 3.69. The summed E-state index contributed by atoms with van der Waals surface area (Å²) < 4.78 is 5.16. The number of methoxy groups -OCH3 is 1. The predicted molar refractivity (Wildman–Crippen MR) is 73.8 cm³/mol. The fourth-order valence-electron chi connectivity index (χ4n) is 1.58. The van der Waals surface area contributed by atoms with Crippen LogP contribution in [0.2, 0.25) is 5.02 Å². The molecule has 2 aromatic rings. The van der Waals surface area contributed by atoms with Crippen LogP contribution in [0.5, 0.6) is 0 Å². The number of nitrogens with zero attached hydrogens (tertiary/aromatic N) is 2. The largest absolute Gasteiger partial charge is 0.378 e. The van der Waals surface area contributed by atoms with Gasteiger partial charge in [0.25, 0.3) is 0 Å². The Morgan fingerprint density at radius 1 is 1.50 bits per heavy atom. The zero-order valence-corrected chi connectivity index (χ0v) is 11.8. The molecular formula is C12H14ClN3OS. The quantitative estimate of drug-likeness (QED) is 0.916. The monoisotopic (exact) mass is 283 g/mol. The van der Waals surface area contributed by atoms with Crippen molar-refractivity contribution in [1.82, 2.24) is 15.3 Å². The Balaban J connectivity index is 2.40. The highest BCUT2D eigenvalue weighted by Crippen LogP contribution is 2.31. The molecule has 0 radical (unpaired) electrons. The van der Waals surface area contributed by atoms with E-state index in [1.54, 1.807) is 24.6 Å². The molecule has 0 aliphatic rings. The second kappa shape index (κ2) is 6.24. The molecule has 2 aromatic heterocycles. The number of aromatic nitrogens is 2. The van der Waals surface area contributed by atoms with E-state index in [0.29, 0.717) is 11.6 Å². The van der Waals surface area contributed by atoms with Crippen LogP contribution in [0.4, 0.5) is 0 Å². The van der Waals surface area contributed by atoms with Crippen molar-refractivity contribution in [2.24, 2.45) is 0 Å². The van der Waals surface area contributed by atoms with Gasteiger partial charge >= 0.3 is 0 Å². The molecule has 2 rings (SSSR count). The Hall–Kier alpha value is -1.01. The molecule has 0 unspecified atom stereocenters. The van der Waals surface area contributed by atoms with E-state index >= 15 is 0 Å². The lowest BCUT2D eigenvalue weighted by atomic mass is 10.3. The fraction of sp³-hybridized carbons (Fsp3) is 0.333. The normalized spacial score (nSPS) is 10.8. The van der Waals surface area contributed by atoms with E-state index in [1.165, 1.54) is 0 Å². The Kier molecular flexibility index (Phi) is 4.66. The van der Waals surface area contributed by atoms with E-state index in [2.05, 4.69) is 15.3 Å². The average Bonchev–Trinajstić information content (AvgIpc) is 2.74. The summed E-state index contributed by atoms with van der Waals surface area (Å²) in [6.07, 6.45) is 1.72. The smallest absolute Gasteiger partial charge is 0.144 e. The molecule has 0 saturated carbocycles. The molecule has 0 atom stereocenters. The van der Waals surface area contributed by atoms with Crippen molar-refractivity contribution in [3.8, 4) is 10.7 Å². The van der Waals surface area contributed by atoms with Crippen molar-refractivity contribution in [1.29, 1.82) is 0 Å². The summed E-state index contributed by atoms with van der Waals surface area (Å²) >= 11 is 7.72. The van der Waals surface area contributed by atoms with Gasteiger partial charge in [-0.3, -0.25) is 4.98 Å². The molecular weight excluding hydrogens is 270 g/mol. The van der Waals surface area contributed by atoms with Gasteiger partial charge in [0.05, 0.1) is 17.3 Å². The molecule has 4 nitrogen and oxygen atoms in total. The van der Waals surface area contributed by atoms with Crippen LogP contribution in [-0.2, 0) is 17.9 Å². The summed E-state index contributed by atoms with van der Waals surface area (Å²) in [6.45, 7) is 1.26. The Morgan fingerprint density at radius 3 is 3.00 bits per heavy atom. The van der Waals surface area contributed by atoms with E-state index in [-0.39, 0.29) is 0 Å². The number of pyridine rings is 1. The van der Waals surface area contributed by atoms with Gasteiger partial charge in [0.2, 0.25) is 0 Å². The fourth-order valence-corrected chi connectivity index (χ4v) is 2.93. The van der Waals surface area contributed by atoms with Gasteiger partial charge in [-0.2, -0.15) is 0 Å². The average molecular weight is 284 g/mol. The minimum Gasteiger partial charge on any atom is -0.378 e. The lowest BCUT2D eigenvalue weighted by molar-refractivity contribution is 0.181. The Labute approximate surface area is 115 Å². The third kappa shape index (κ3) is 2.87. The highest BCUT2D eigenvalue weighted by atomic mass is 35.5. The van der Waals surface area contributed by atoms with E-state index in [1.807, 2.05) is 19.2 Å². The van der Waals surface area contributed by atoms with Gasteiger partial charge in [0.15, 0.2) is 0 Å². The van der Waals surface area contributed by atoms with Crippen LogP contribution in [0.25, 0.3) is 10.7 Å². The van der Waals surface area contributed by atoms with Crippen LogP contribution in [0.3, 0.4) is 0 Å². The van der Waals surface area contributed by atoms with Gasteiger partial charge in [-0.1, -0.05) is 11.6 Å². The standard InChI is InChI=1S/C12H14ClN3OS/c1-14-6-10-9(7-17-2)16-12(18-10)11-8(13)4-3-5-15-11/h3-5,14H,6-7H2,1-2H3. The molecule has 6 heteroatoms. The van der Waals surface area contributed by atoms with Crippen LogP contribution in [0, 0.1) is 0 Å². The maximum absolute atomic E-state index is 6.13. The zero-order chi connectivity index (χ0) is 13.0. The highest BCUT2D eigenvalue weighted by molar-refractivity contribution is 7.15. The van der Waals surface area contributed by atoms with Gasteiger partial charge < -0.3 is 10.1 Å². The summed E-state index contributed by atoms with van der Waals surface area (Å²) in [6, 6.07) is 3.63. The zero-order valence-electron chi connectivity index (χ0n) is 10.2. The lowest BCUT2D eigenvalue weighted by Crippen LogP contribution is -2.06. The first kappa shape index (κ1) is 13.4. The molecule has 1 N–H and O–H groups in total. The summed E-state index contributed by atoms with van der Waals surface area (Å²) in [5.74, 6) is 0. The number of nitrogens with one attached hydrogen (secondary N) is 1. The Morgan fingerprint density at radius 2 is 2.33 bits per heavy atom. The molecule has 0 saturated heterocycles. The maximum Gasteiger partial charge on any atom is 0.144 e. The van der Waals surface area contributed by atoms with Gasteiger partial charge in [0, 0.05) is 24.7 Å². The molecule has 0 aliphatic carbocycles. The van der Waals surface area contributed by atoms with Crippen molar-refractivity contribution < 1.29 is 4.74 Å². The van der Waals surface area contributed by atoms with Crippen molar-refractivity contribution in [3.05, 3.63) is 33.9 Å². The highest BCUT2D eigenvalue weighted by Gasteiger charge is 2.14. The molecule has 0 aliphatic heterocycles. The Bertz CT molecular complexity index is 506. The van der Waals surface area contributed by atoms with Crippen molar-refractivity contribution >= 4 is 22.9 Å². The van der Waals surface area contributed by atoms with E-state index in [0.717, 1.165) is 27.8 Å². The van der Waals surface area contributed by atoms with E-state index < -0.39 is 0 Å². The number of hydrogen-bond donors (Lipinski definition) is 1. The lowest BCUT2D eigenvalue weighted by Gasteiger charge is -1.98. The maximum atomic E-state index is 6.13. The van der Waals surface area contributed by atoms with Crippen LogP contribution in [-0.4, -0.2) is 24.1 Å². The topological polar surface area (TPSA) is 47.0 Å². The van der Waals surface area contributed by atoms with Crippen LogP contribution < -0.4 is 5.32 Å². The van der Waals surface area contributed by atoms with E-state index in [4.69, 9.17) is 16.3 Å². The molecule has 0 bridgehead atoms. The molecule has 0 fully saturated rings. The van der Waals surface area contributed by atoms with Gasteiger partial charge in [0.1, 0.15) is 10.7 Å². The summed E-state index contributed by atoms with van der Waals surface area (Å²) in [4.78, 5) is 9.98. The van der Waals surface area contributed by atoms with Crippen LogP contribution >= 0.6 is 22.9 Å². The third-order valence-corrected chi connectivity index (χ3v) is 3.77. The van der Waals surface area contributed by atoms with Crippen molar-refractivity contribution in [3.63, 3.8) is 0 Å². The first-order chi connectivity index (χ1) is 8.76. The third-order valence-electron chi connectivity index (χ3n) is 2.36. The summed E-state index contributed by atoms with van der Waals surface area (Å²) in [5.41, 5.74) is 1.66. The minimum absolute atomic E-state index is 0.498. The van der Waals surface area contributed by atoms with Gasteiger partial charge in [-0.25, -0.2) is 4.98 Å². The van der Waals surface area contributed by atoms with E-state index in [9.17, 15) is 0 Å². The van der Waals surface area contributed by atoms with Gasteiger partial charge in [-0.05, 0) is 19.2 Å². The molecule has 0 spiro atoms. The number of ether oxygens (including phenoxy) is 1. The number of thiazole rings is 1. The van der Waals surface area contributed by atoms with Gasteiger partial charge in [-0.15, -0.1) is 11.3 Å². The van der Waals surface area contributed by atoms with Crippen molar-refractivity contribution in [2.75, 3.05) is 14.2 Å². The molecule has 2 heterocycles. The van der Waals surface area contributed by atoms with Crippen LogP contribution in [0.1, 0.15) is 10.6 Å². The number of hydrogen-bond acceptors (Lipinski definition) is 5. The second-order valence-corrected chi connectivity index (χ2v) is 5.18. The predicted octanol–water partition coefficient (Wildman–Crippen LogP) is 2.72. The SMILES string of the molecule is CNCc1sc(-c2ncccc2Cl)nc1COC. The first-order valence-corrected chi connectivity index (χ1v) is 6.68. The number of rotatable bonds is 5. The minimum atomic E-state index is 0.498. The molecule has 0 aromatic carbocycles. The van der Waals surface area contributed by atoms with Crippen molar-refractivity contribution in [2.45, 2.75) is 13.2 Å².